The van der Waals surface area contributed by atoms with Crippen LogP contribution in [0.15, 0.2) is 0 Å². The number of hydrogen-bond donors (Lipinski definition) is 2. The van der Waals surface area contributed by atoms with E-state index in [0.29, 0.717) is 13.0 Å². The molecule has 0 aromatic heterocycles. The molecule has 102 valence electrons. The van der Waals surface area contributed by atoms with Gasteiger partial charge in [0.2, 0.25) is 10.0 Å². The fourth-order valence-electron chi connectivity index (χ4n) is 1.70. The summed E-state index contributed by atoms with van der Waals surface area (Å²) in [7, 11) is -1.25. The zero-order valence-corrected chi connectivity index (χ0v) is 12.1. The lowest BCUT2D eigenvalue weighted by Gasteiger charge is -2.25. The summed E-state index contributed by atoms with van der Waals surface area (Å²) in [5.74, 6) is 2.54. The zero-order valence-electron chi connectivity index (χ0n) is 10.4. The van der Waals surface area contributed by atoms with E-state index in [0.717, 1.165) is 37.7 Å². The van der Waals surface area contributed by atoms with Gasteiger partial charge >= 0.3 is 0 Å². The van der Waals surface area contributed by atoms with Crippen LogP contribution in [0.3, 0.4) is 0 Å². The highest BCUT2D eigenvalue weighted by Crippen LogP contribution is 2.07. The summed E-state index contributed by atoms with van der Waals surface area (Å²) in [4.78, 5) is 2.31. The second-order valence-corrected chi connectivity index (χ2v) is 7.28. The van der Waals surface area contributed by atoms with E-state index in [9.17, 15) is 8.42 Å². The van der Waals surface area contributed by atoms with Crippen molar-refractivity contribution < 1.29 is 8.42 Å². The summed E-state index contributed by atoms with van der Waals surface area (Å²) in [5.41, 5.74) is 0. The van der Waals surface area contributed by atoms with Crippen molar-refractivity contribution in [1.82, 2.24) is 14.9 Å². The third-order valence-corrected chi connectivity index (χ3v) is 5.11. The number of hydrogen-bond acceptors (Lipinski definition) is 5. The van der Waals surface area contributed by atoms with E-state index in [-0.39, 0.29) is 5.75 Å². The van der Waals surface area contributed by atoms with Crippen molar-refractivity contribution in [3.05, 3.63) is 0 Å². The maximum absolute atomic E-state index is 11.6. The van der Waals surface area contributed by atoms with E-state index in [1.165, 1.54) is 0 Å². The first-order chi connectivity index (χ1) is 8.14. The molecule has 1 heterocycles. The molecule has 0 bridgehead atoms. The van der Waals surface area contributed by atoms with E-state index >= 15 is 0 Å². The number of rotatable bonds is 8. The first-order valence-electron chi connectivity index (χ1n) is 6.06. The lowest BCUT2D eigenvalue weighted by molar-refractivity contribution is 0.307. The van der Waals surface area contributed by atoms with Gasteiger partial charge in [-0.3, -0.25) is 0 Å². The quantitative estimate of drug-likeness (QED) is 0.591. The van der Waals surface area contributed by atoms with Gasteiger partial charge in [-0.15, -0.1) is 0 Å². The summed E-state index contributed by atoms with van der Waals surface area (Å²) in [5, 5.41) is 2.95. The van der Waals surface area contributed by atoms with Gasteiger partial charge < -0.3 is 10.2 Å². The molecule has 1 aliphatic rings. The van der Waals surface area contributed by atoms with Crippen LogP contribution >= 0.6 is 11.8 Å². The second kappa shape index (κ2) is 8.31. The Bertz CT molecular complexity index is 290. The van der Waals surface area contributed by atoms with Crippen LogP contribution in [0.5, 0.6) is 0 Å². The van der Waals surface area contributed by atoms with Crippen LogP contribution in [0.4, 0.5) is 0 Å². The van der Waals surface area contributed by atoms with Gasteiger partial charge in [0.1, 0.15) is 0 Å². The summed E-state index contributed by atoms with van der Waals surface area (Å²) < 4.78 is 25.8. The number of sulfonamides is 1. The molecule has 1 rings (SSSR count). The highest BCUT2D eigenvalue weighted by molar-refractivity contribution is 7.99. The maximum atomic E-state index is 11.6. The van der Waals surface area contributed by atoms with Gasteiger partial charge in [0.25, 0.3) is 0 Å². The molecule has 0 unspecified atom stereocenters. The molecular formula is C10H23N3O2S2. The van der Waals surface area contributed by atoms with Crippen molar-refractivity contribution in [2.75, 3.05) is 57.0 Å². The Kier molecular flexibility index (Phi) is 7.45. The van der Waals surface area contributed by atoms with Crippen molar-refractivity contribution in [1.29, 1.82) is 0 Å². The Morgan fingerprint density at radius 1 is 1.24 bits per heavy atom. The Morgan fingerprint density at radius 3 is 2.59 bits per heavy atom. The lowest BCUT2D eigenvalue weighted by atomic mass is 10.5. The zero-order chi connectivity index (χ0) is 12.6. The highest BCUT2D eigenvalue weighted by Gasteiger charge is 2.12. The van der Waals surface area contributed by atoms with Crippen molar-refractivity contribution >= 4 is 21.8 Å². The third kappa shape index (κ3) is 7.25. The van der Waals surface area contributed by atoms with E-state index in [1.807, 2.05) is 18.8 Å². The third-order valence-electron chi connectivity index (χ3n) is 2.69. The van der Waals surface area contributed by atoms with Crippen LogP contribution < -0.4 is 10.0 Å². The largest absolute Gasteiger partial charge is 0.320 e. The minimum Gasteiger partial charge on any atom is -0.320 e. The van der Waals surface area contributed by atoms with Crippen LogP contribution in [-0.4, -0.2) is 70.3 Å². The van der Waals surface area contributed by atoms with E-state index in [2.05, 4.69) is 14.9 Å². The molecule has 0 spiro atoms. The molecule has 2 N–H and O–H groups in total. The van der Waals surface area contributed by atoms with Crippen LogP contribution in [0.1, 0.15) is 6.42 Å². The second-order valence-electron chi connectivity index (χ2n) is 4.12. The molecule has 1 saturated heterocycles. The smallest absolute Gasteiger partial charge is 0.211 e. The Morgan fingerprint density at radius 2 is 1.94 bits per heavy atom. The summed E-state index contributed by atoms with van der Waals surface area (Å²) in [6.07, 6.45) is 0.659. The molecule has 0 saturated carbocycles. The maximum Gasteiger partial charge on any atom is 0.211 e. The first-order valence-corrected chi connectivity index (χ1v) is 8.87. The number of thioether (sulfide) groups is 1. The molecule has 0 atom stereocenters. The predicted molar refractivity (Wildman–Crippen MR) is 74.1 cm³/mol. The molecule has 0 aromatic rings. The van der Waals surface area contributed by atoms with Gasteiger partial charge in [-0.05, 0) is 20.0 Å². The van der Waals surface area contributed by atoms with Gasteiger partial charge in [0, 0.05) is 37.7 Å². The van der Waals surface area contributed by atoms with Gasteiger partial charge in [-0.1, -0.05) is 0 Å². The monoisotopic (exact) mass is 281 g/mol. The SMILES string of the molecule is CNCCCS(=O)(=O)NCCN1CCSCC1. The van der Waals surface area contributed by atoms with Crippen molar-refractivity contribution in [3.8, 4) is 0 Å². The van der Waals surface area contributed by atoms with E-state index in [4.69, 9.17) is 0 Å². The fraction of sp³-hybridized carbons (Fsp3) is 1.00. The average Bonchev–Trinajstić information content (AvgIpc) is 2.30. The minimum absolute atomic E-state index is 0.212. The first kappa shape index (κ1) is 15.2. The molecular weight excluding hydrogens is 258 g/mol. The van der Waals surface area contributed by atoms with Crippen LogP contribution in [0, 0.1) is 0 Å². The molecule has 1 fully saturated rings. The van der Waals surface area contributed by atoms with Gasteiger partial charge in [0.15, 0.2) is 0 Å². The van der Waals surface area contributed by atoms with Gasteiger partial charge in [0.05, 0.1) is 5.75 Å². The minimum atomic E-state index is -3.08. The normalized spacial score (nSPS) is 18.4. The summed E-state index contributed by atoms with van der Waals surface area (Å²) in [6.45, 7) is 4.25. The van der Waals surface area contributed by atoms with E-state index < -0.39 is 10.0 Å². The standard InChI is InChI=1S/C10H23N3O2S2/c1-11-3-2-10-17(14,15)12-4-5-13-6-8-16-9-7-13/h11-12H,2-10H2,1H3. The van der Waals surface area contributed by atoms with Crippen molar-refractivity contribution in [3.63, 3.8) is 0 Å². The van der Waals surface area contributed by atoms with Crippen LogP contribution in [0.25, 0.3) is 0 Å². The van der Waals surface area contributed by atoms with Gasteiger partial charge in [-0.2, -0.15) is 11.8 Å². The highest BCUT2D eigenvalue weighted by atomic mass is 32.2. The summed E-state index contributed by atoms with van der Waals surface area (Å²) in [6, 6.07) is 0. The van der Waals surface area contributed by atoms with E-state index in [1.54, 1.807) is 0 Å². The predicted octanol–water partition coefficient (Wildman–Crippen LogP) is -0.436. The number of nitrogens with one attached hydrogen (secondary N) is 2. The van der Waals surface area contributed by atoms with Crippen LogP contribution in [-0.2, 0) is 10.0 Å². The molecule has 0 aromatic carbocycles. The molecule has 5 nitrogen and oxygen atoms in total. The Hall–Kier alpha value is 0.180. The molecule has 1 aliphatic heterocycles. The Balaban J connectivity index is 2.11. The molecule has 0 aliphatic carbocycles. The topological polar surface area (TPSA) is 61.4 Å². The van der Waals surface area contributed by atoms with Crippen molar-refractivity contribution in [2.24, 2.45) is 0 Å². The molecule has 0 amide bonds. The molecule has 0 radical (unpaired) electrons. The molecule has 7 heteroatoms. The summed E-state index contributed by atoms with van der Waals surface area (Å²) >= 11 is 1.96. The van der Waals surface area contributed by atoms with Crippen LogP contribution in [0.2, 0.25) is 0 Å². The lowest BCUT2D eigenvalue weighted by Crippen LogP contribution is -2.39. The molecule has 17 heavy (non-hydrogen) atoms. The number of nitrogens with zero attached hydrogens (tertiary/aromatic N) is 1. The average molecular weight is 281 g/mol. The Labute approximate surface area is 109 Å². The van der Waals surface area contributed by atoms with Gasteiger partial charge in [-0.25, -0.2) is 13.1 Å². The van der Waals surface area contributed by atoms with Crippen molar-refractivity contribution in [2.45, 2.75) is 6.42 Å². The fourth-order valence-corrected chi connectivity index (χ4v) is 3.74.